The third-order valence-electron chi connectivity index (χ3n) is 3.89. The quantitative estimate of drug-likeness (QED) is 0.516. The van der Waals surface area contributed by atoms with Crippen molar-refractivity contribution in [1.82, 2.24) is 5.32 Å². The van der Waals surface area contributed by atoms with E-state index in [1.165, 1.54) is 0 Å². The summed E-state index contributed by atoms with van der Waals surface area (Å²) in [5.74, 6) is 0.958. The lowest BCUT2D eigenvalue weighted by atomic mass is 10.1. The number of rotatable bonds is 8. The van der Waals surface area contributed by atoms with Gasteiger partial charge in [0.1, 0.15) is 17.4 Å². The number of nitrogens with one attached hydrogen (secondary N) is 1. The van der Waals surface area contributed by atoms with Crippen molar-refractivity contribution < 1.29 is 9.53 Å². The van der Waals surface area contributed by atoms with Crippen LogP contribution in [-0.4, -0.2) is 12.5 Å². The Kier molecular flexibility index (Phi) is 7.91. The third-order valence-corrected chi connectivity index (χ3v) is 4.14. The molecule has 0 aliphatic carbocycles. The average Bonchev–Trinajstić information content (AvgIpc) is 2.66. The highest BCUT2D eigenvalue weighted by Gasteiger charge is 2.09. The molecule has 0 fully saturated rings. The number of nitrogens with zero attached hydrogens (tertiary/aromatic N) is 1. The number of ether oxygens (including phenoxy) is 1. The fourth-order valence-electron chi connectivity index (χ4n) is 2.27. The summed E-state index contributed by atoms with van der Waals surface area (Å²) in [6.07, 6.45) is 2.56. The van der Waals surface area contributed by atoms with E-state index in [1.54, 1.807) is 18.2 Å². The van der Waals surface area contributed by atoms with Crippen LogP contribution in [0.2, 0.25) is 5.02 Å². The second-order valence-corrected chi connectivity index (χ2v) is 7.02. The number of amides is 1. The van der Waals surface area contributed by atoms with Crippen molar-refractivity contribution in [2.75, 3.05) is 6.61 Å². The van der Waals surface area contributed by atoms with Gasteiger partial charge >= 0.3 is 0 Å². The normalized spacial score (nSPS) is 11.1. The molecule has 140 valence electrons. The number of carbonyl (C=O) groups is 1. The van der Waals surface area contributed by atoms with E-state index in [0.717, 1.165) is 23.3 Å². The standard InChI is InChI=1S/C22H23ClN2O2/c1-16(2)11-12-27-21-9-5-17(6-10-21)13-19(14-24)22(26)25-15-18-3-7-20(23)8-4-18/h3-10,13,16H,11-12,15H2,1-2H3,(H,25,26). The zero-order valence-electron chi connectivity index (χ0n) is 15.5. The van der Waals surface area contributed by atoms with Crippen LogP contribution in [0.1, 0.15) is 31.4 Å². The second kappa shape index (κ2) is 10.4. The average molecular weight is 383 g/mol. The lowest BCUT2D eigenvalue weighted by Crippen LogP contribution is -2.23. The fraction of sp³-hybridized carbons (Fsp3) is 0.273. The molecule has 0 spiro atoms. The summed E-state index contributed by atoms with van der Waals surface area (Å²) in [5, 5.41) is 12.7. The SMILES string of the molecule is CC(C)CCOc1ccc(C=C(C#N)C(=O)NCc2ccc(Cl)cc2)cc1. The van der Waals surface area contributed by atoms with Crippen molar-refractivity contribution in [2.24, 2.45) is 5.92 Å². The van der Waals surface area contributed by atoms with Gasteiger partial charge in [0.05, 0.1) is 6.61 Å². The van der Waals surface area contributed by atoms with Crippen LogP contribution >= 0.6 is 11.6 Å². The monoisotopic (exact) mass is 382 g/mol. The molecule has 4 nitrogen and oxygen atoms in total. The smallest absolute Gasteiger partial charge is 0.262 e. The van der Waals surface area contributed by atoms with Gasteiger partial charge in [-0.25, -0.2) is 0 Å². The number of carbonyl (C=O) groups excluding carboxylic acids is 1. The van der Waals surface area contributed by atoms with Crippen LogP contribution in [0.25, 0.3) is 6.08 Å². The van der Waals surface area contributed by atoms with Gasteiger partial charge in [-0.05, 0) is 53.8 Å². The molecule has 0 saturated heterocycles. The van der Waals surface area contributed by atoms with Crippen LogP contribution in [-0.2, 0) is 11.3 Å². The largest absolute Gasteiger partial charge is 0.494 e. The van der Waals surface area contributed by atoms with Crippen molar-refractivity contribution in [1.29, 1.82) is 5.26 Å². The molecule has 27 heavy (non-hydrogen) atoms. The van der Waals surface area contributed by atoms with E-state index in [4.69, 9.17) is 16.3 Å². The molecule has 2 aromatic rings. The van der Waals surface area contributed by atoms with Crippen molar-refractivity contribution in [3.05, 3.63) is 70.3 Å². The first-order valence-electron chi connectivity index (χ1n) is 8.85. The van der Waals surface area contributed by atoms with E-state index < -0.39 is 5.91 Å². The summed E-state index contributed by atoms with van der Waals surface area (Å²) < 4.78 is 5.67. The van der Waals surface area contributed by atoms with Crippen molar-refractivity contribution in [3.63, 3.8) is 0 Å². The summed E-state index contributed by atoms with van der Waals surface area (Å²) in [6.45, 7) is 5.30. The Morgan fingerprint density at radius 1 is 1.19 bits per heavy atom. The molecule has 0 saturated carbocycles. The summed E-state index contributed by atoms with van der Waals surface area (Å²) in [5.41, 5.74) is 1.73. The third kappa shape index (κ3) is 7.16. The molecule has 1 amide bonds. The van der Waals surface area contributed by atoms with Crippen LogP contribution in [0.4, 0.5) is 0 Å². The van der Waals surface area contributed by atoms with Crippen LogP contribution in [0.3, 0.4) is 0 Å². The molecule has 0 aliphatic heterocycles. The van der Waals surface area contributed by atoms with E-state index in [1.807, 2.05) is 42.5 Å². The topological polar surface area (TPSA) is 62.1 Å². The van der Waals surface area contributed by atoms with Gasteiger partial charge < -0.3 is 10.1 Å². The van der Waals surface area contributed by atoms with Gasteiger partial charge in [-0.3, -0.25) is 4.79 Å². The number of nitriles is 1. The molecule has 2 rings (SSSR count). The molecule has 0 bridgehead atoms. The molecule has 0 radical (unpaired) electrons. The Morgan fingerprint density at radius 3 is 2.44 bits per heavy atom. The highest BCUT2D eigenvalue weighted by Crippen LogP contribution is 2.16. The molecule has 0 heterocycles. The molecule has 0 atom stereocenters. The lowest BCUT2D eigenvalue weighted by Gasteiger charge is -2.08. The summed E-state index contributed by atoms with van der Waals surface area (Å²) >= 11 is 5.84. The van der Waals surface area contributed by atoms with Crippen molar-refractivity contribution in [3.8, 4) is 11.8 Å². The molecule has 5 heteroatoms. The van der Waals surface area contributed by atoms with Gasteiger partial charge in [0.2, 0.25) is 0 Å². The first-order valence-corrected chi connectivity index (χ1v) is 9.23. The summed E-state index contributed by atoms with van der Waals surface area (Å²) in [4.78, 5) is 12.2. The fourth-order valence-corrected chi connectivity index (χ4v) is 2.39. The van der Waals surface area contributed by atoms with Crippen molar-refractivity contribution in [2.45, 2.75) is 26.8 Å². The van der Waals surface area contributed by atoms with Gasteiger partial charge in [0.25, 0.3) is 5.91 Å². The molecule has 0 unspecified atom stereocenters. The molecular formula is C22H23ClN2O2. The lowest BCUT2D eigenvalue weighted by molar-refractivity contribution is -0.117. The molecule has 2 aromatic carbocycles. The van der Waals surface area contributed by atoms with Crippen molar-refractivity contribution >= 4 is 23.6 Å². The zero-order valence-corrected chi connectivity index (χ0v) is 16.3. The van der Waals surface area contributed by atoms with Gasteiger partial charge in [-0.15, -0.1) is 0 Å². The van der Waals surface area contributed by atoms with E-state index >= 15 is 0 Å². The number of benzene rings is 2. The van der Waals surface area contributed by atoms with E-state index in [2.05, 4.69) is 19.2 Å². The first-order chi connectivity index (χ1) is 13.0. The van der Waals surface area contributed by atoms with E-state index in [0.29, 0.717) is 24.1 Å². The zero-order chi connectivity index (χ0) is 19.6. The van der Waals surface area contributed by atoms with Crippen LogP contribution in [0.15, 0.2) is 54.1 Å². The van der Waals surface area contributed by atoms with Gasteiger partial charge in [-0.1, -0.05) is 49.7 Å². The Labute approximate surface area is 165 Å². The van der Waals surface area contributed by atoms with Crippen LogP contribution in [0.5, 0.6) is 5.75 Å². The predicted octanol–water partition coefficient (Wildman–Crippen LogP) is 4.99. The minimum Gasteiger partial charge on any atom is -0.494 e. The van der Waals surface area contributed by atoms with Gasteiger partial charge in [-0.2, -0.15) is 5.26 Å². The minimum atomic E-state index is -0.412. The van der Waals surface area contributed by atoms with E-state index in [9.17, 15) is 10.1 Å². The maximum atomic E-state index is 12.2. The van der Waals surface area contributed by atoms with Gasteiger partial charge in [0, 0.05) is 11.6 Å². The van der Waals surface area contributed by atoms with E-state index in [-0.39, 0.29) is 5.57 Å². The molecular weight excluding hydrogens is 360 g/mol. The Morgan fingerprint density at radius 2 is 1.85 bits per heavy atom. The maximum Gasteiger partial charge on any atom is 0.262 e. The second-order valence-electron chi connectivity index (χ2n) is 6.58. The maximum absolute atomic E-state index is 12.2. The number of halogens is 1. The highest BCUT2D eigenvalue weighted by atomic mass is 35.5. The Bertz CT molecular complexity index is 819. The Balaban J connectivity index is 1.94. The Hall–Kier alpha value is -2.77. The summed E-state index contributed by atoms with van der Waals surface area (Å²) in [6, 6.07) is 16.5. The van der Waals surface area contributed by atoms with Gasteiger partial charge in [0.15, 0.2) is 0 Å². The van der Waals surface area contributed by atoms with Crippen LogP contribution in [0, 0.1) is 17.2 Å². The number of hydrogen-bond donors (Lipinski definition) is 1. The molecule has 1 N–H and O–H groups in total. The number of hydrogen-bond acceptors (Lipinski definition) is 3. The minimum absolute atomic E-state index is 0.0532. The van der Waals surface area contributed by atoms with Crippen LogP contribution < -0.4 is 10.1 Å². The highest BCUT2D eigenvalue weighted by molar-refractivity contribution is 6.30. The molecule has 0 aliphatic rings. The first kappa shape index (κ1) is 20.5. The predicted molar refractivity (Wildman–Crippen MR) is 108 cm³/mol. The summed E-state index contributed by atoms with van der Waals surface area (Å²) in [7, 11) is 0. The molecule has 0 aromatic heterocycles.